The molecule has 0 radical (unpaired) electrons. The summed E-state index contributed by atoms with van der Waals surface area (Å²) in [5, 5.41) is 1.38. The fourth-order valence-corrected chi connectivity index (χ4v) is 4.23. The molecule has 1 aromatic heterocycles. The predicted molar refractivity (Wildman–Crippen MR) is 130 cm³/mol. The van der Waals surface area contributed by atoms with Crippen molar-refractivity contribution in [3.63, 3.8) is 0 Å². The van der Waals surface area contributed by atoms with Crippen molar-refractivity contribution in [2.45, 2.75) is 6.92 Å². The zero-order valence-corrected chi connectivity index (χ0v) is 19.5. The Bertz CT molecular complexity index is 1520. The van der Waals surface area contributed by atoms with Crippen LogP contribution in [-0.4, -0.2) is 23.4 Å². The summed E-state index contributed by atoms with van der Waals surface area (Å²) in [6.45, 7) is 1.75. The summed E-state index contributed by atoms with van der Waals surface area (Å²) in [6, 6.07) is 15.5. The maximum Gasteiger partial charge on any atom is 0.343 e. The highest BCUT2D eigenvalue weighted by Crippen LogP contribution is 2.40. The molecule has 3 aromatic carbocycles. The fraction of sp³-hybridized carbons (Fsp3) is 0.111. The number of fused-ring (bicyclic) bond motifs is 2. The molecule has 0 N–H and O–H groups in total. The molecule has 0 saturated carbocycles. The minimum atomic E-state index is -0.546. The van der Waals surface area contributed by atoms with E-state index in [0.29, 0.717) is 33.2 Å². The lowest BCUT2D eigenvalue weighted by atomic mass is 10.1. The molecule has 0 bridgehead atoms. The first-order valence-electron chi connectivity index (χ1n) is 10.5. The van der Waals surface area contributed by atoms with Crippen molar-refractivity contribution in [1.29, 1.82) is 0 Å². The van der Waals surface area contributed by atoms with E-state index in [1.54, 1.807) is 50.4 Å². The number of carbonyl (C=O) groups excluding carboxylic acids is 2. The van der Waals surface area contributed by atoms with Crippen molar-refractivity contribution in [2.24, 2.45) is 7.05 Å². The number of hydrogen-bond donors (Lipinski definition) is 0. The topological polar surface area (TPSA) is 66.8 Å². The molecule has 1 aliphatic rings. The Labute approximate surface area is 200 Å². The van der Waals surface area contributed by atoms with Crippen LogP contribution in [0.1, 0.15) is 31.8 Å². The van der Waals surface area contributed by atoms with Crippen LogP contribution in [0, 0.1) is 6.92 Å². The van der Waals surface area contributed by atoms with E-state index in [-0.39, 0.29) is 11.5 Å². The van der Waals surface area contributed by atoms with E-state index in [2.05, 4.69) is 0 Å². The number of benzene rings is 3. The first-order valence-corrected chi connectivity index (χ1v) is 10.9. The molecule has 4 aromatic rings. The van der Waals surface area contributed by atoms with Gasteiger partial charge in [-0.3, -0.25) is 4.79 Å². The summed E-state index contributed by atoms with van der Waals surface area (Å²) in [5.41, 5.74) is 3.14. The third-order valence-corrected chi connectivity index (χ3v) is 6.05. The van der Waals surface area contributed by atoms with Crippen LogP contribution in [0.2, 0.25) is 5.02 Å². The summed E-state index contributed by atoms with van der Waals surface area (Å²) >= 11 is 5.97. The van der Waals surface area contributed by atoms with Crippen molar-refractivity contribution < 1.29 is 23.8 Å². The maximum absolute atomic E-state index is 13.1. The van der Waals surface area contributed by atoms with Gasteiger partial charge in [0.1, 0.15) is 17.2 Å². The van der Waals surface area contributed by atoms with Gasteiger partial charge in [0.15, 0.2) is 5.76 Å². The zero-order chi connectivity index (χ0) is 24.0. The molecule has 7 heteroatoms. The van der Waals surface area contributed by atoms with Gasteiger partial charge in [-0.15, -0.1) is 0 Å². The van der Waals surface area contributed by atoms with E-state index >= 15 is 0 Å². The van der Waals surface area contributed by atoms with Gasteiger partial charge in [0, 0.05) is 40.3 Å². The molecule has 0 fully saturated rings. The second-order valence-corrected chi connectivity index (χ2v) is 8.42. The van der Waals surface area contributed by atoms with E-state index < -0.39 is 5.97 Å². The highest BCUT2D eigenvalue weighted by Gasteiger charge is 2.31. The number of ether oxygens (including phenoxy) is 3. The van der Waals surface area contributed by atoms with Crippen LogP contribution >= 0.6 is 11.6 Å². The Hall–Kier alpha value is -4.03. The first-order chi connectivity index (χ1) is 16.4. The van der Waals surface area contributed by atoms with Gasteiger partial charge in [-0.2, -0.15) is 0 Å². The van der Waals surface area contributed by atoms with Gasteiger partial charge in [-0.25, -0.2) is 4.79 Å². The fourth-order valence-electron chi connectivity index (χ4n) is 4.04. The molecule has 0 spiro atoms. The van der Waals surface area contributed by atoms with Gasteiger partial charge in [-0.05, 0) is 61.5 Å². The predicted octanol–water partition coefficient (Wildman–Crippen LogP) is 5.98. The van der Waals surface area contributed by atoms with Crippen LogP contribution in [0.5, 0.6) is 17.2 Å². The number of nitrogens with zero attached hydrogens (tertiary/aromatic N) is 1. The Morgan fingerprint density at radius 1 is 1.12 bits per heavy atom. The molecule has 170 valence electrons. The van der Waals surface area contributed by atoms with Crippen molar-refractivity contribution >= 4 is 40.3 Å². The lowest BCUT2D eigenvalue weighted by Gasteiger charge is -2.10. The minimum Gasteiger partial charge on any atom is -0.497 e. The van der Waals surface area contributed by atoms with E-state index in [1.807, 2.05) is 36.0 Å². The van der Waals surface area contributed by atoms with Gasteiger partial charge in [-0.1, -0.05) is 17.7 Å². The number of esters is 1. The average Bonchev–Trinajstić information content (AvgIpc) is 3.32. The largest absolute Gasteiger partial charge is 0.497 e. The van der Waals surface area contributed by atoms with E-state index in [0.717, 1.165) is 22.2 Å². The van der Waals surface area contributed by atoms with Crippen LogP contribution < -0.4 is 14.2 Å². The smallest absolute Gasteiger partial charge is 0.343 e. The van der Waals surface area contributed by atoms with Crippen LogP contribution in [0.15, 0.2) is 66.6 Å². The highest BCUT2D eigenvalue weighted by molar-refractivity contribution is 6.30. The third-order valence-electron chi connectivity index (χ3n) is 5.81. The Morgan fingerprint density at radius 2 is 1.94 bits per heavy atom. The molecule has 0 saturated heterocycles. The molecular formula is C27H20ClNO5. The number of ketones is 1. The van der Waals surface area contributed by atoms with Crippen LogP contribution in [0.25, 0.3) is 17.0 Å². The van der Waals surface area contributed by atoms with Crippen molar-refractivity contribution in [1.82, 2.24) is 4.57 Å². The van der Waals surface area contributed by atoms with Gasteiger partial charge in [0.2, 0.25) is 5.78 Å². The summed E-state index contributed by atoms with van der Waals surface area (Å²) in [4.78, 5) is 25.6. The summed E-state index contributed by atoms with van der Waals surface area (Å²) < 4.78 is 18.9. The number of halogens is 1. The van der Waals surface area contributed by atoms with E-state index in [9.17, 15) is 9.59 Å². The lowest BCUT2D eigenvalue weighted by molar-refractivity contribution is 0.0733. The van der Waals surface area contributed by atoms with E-state index in [4.69, 9.17) is 25.8 Å². The molecule has 0 aliphatic carbocycles. The molecule has 0 unspecified atom stereocenters. The second-order valence-electron chi connectivity index (χ2n) is 7.98. The van der Waals surface area contributed by atoms with Crippen LogP contribution in [-0.2, 0) is 7.05 Å². The number of hydrogen-bond acceptors (Lipinski definition) is 5. The normalized spacial score (nSPS) is 13.8. The number of methoxy groups -OCH3 is 1. The van der Waals surface area contributed by atoms with Gasteiger partial charge >= 0.3 is 5.97 Å². The van der Waals surface area contributed by atoms with Crippen molar-refractivity contribution in [2.75, 3.05) is 7.11 Å². The number of Topliss-reactive ketones (excluding diaryl/α,β-unsaturated/α-hetero) is 1. The number of aromatic nitrogens is 1. The van der Waals surface area contributed by atoms with Crippen LogP contribution in [0.3, 0.4) is 0 Å². The monoisotopic (exact) mass is 473 g/mol. The van der Waals surface area contributed by atoms with E-state index in [1.165, 1.54) is 6.07 Å². The molecular weight excluding hydrogens is 454 g/mol. The zero-order valence-electron chi connectivity index (χ0n) is 18.7. The SMILES string of the molecule is COc1ccc2c(c1)c(/C=C1\Oc3c(ccc(OC(=O)c4cccc(Cl)c4)c3C)C1=O)cn2C. The molecule has 34 heavy (non-hydrogen) atoms. The Morgan fingerprint density at radius 3 is 2.71 bits per heavy atom. The number of rotatable bonds is 4. The van der Waals surface area contributed by atoms with Crippen molar-refractivity contribution in [3.05, 3.63) is 93.8 Å². The molecule has 0 atom stereocenters. The van der Waals surface area contributed by atoms with Crippen LogP contribution in [0.4, 0.5) is 0 Å². The van der Waals surface area contributed by atoms with Crippen molar-refractivity contribution in [3.8, 4) is 17.2 Å². The first kappa shape index (κ1) is 21.8. The quantitative estimate of drug-likeness (QED) is 0.207. The molecule has 1 aliphatic heterocycles. The average molecular weight is 474 g/mol. The molecule has 6 nitrogen and oxygen atoms in total. The maximum atomic E-state index is 13.1. The third kappa shape index (κ3) is 3.72. The summed E-state index contributed by atoms with van der Waals surface area (Å²) in [7, 11) is 3.55. The molecule has 5 rings (SSSR count). The Balaban J connectivity index is 1.47. The minimum absolute atomic E-state index is 0.201. The molecule has 2 heterocycles. The Kier molecular flexibility index (Phi) is 5.38. The highest BCUT2D eigenvalue weighted by atomic mass is 35.5. The number of aryl methyl sites for hydroxylation is 1. The second kappa shape index (κ2) is 8.39. The summed E-state index contributed by atoms with van der Waals surface area (Å²) in [6.07, 6.45) is 3.66. The summed E-state index contributed by atoms with van der Waals surface area (Å²) in [5.74, 6) is 0.841. The number of allylic oxidation sites excluding steroid dienone is 1. The number of carbonyl (C=O) groups is 2. The lowest BCUT2D eigenvalue weighted by Crippen LogP contribution is -2.09. The van der Waals surface area contributed by atoms with Gasteiger partial charge in [0.05, 0.1) is 18.2 Å². The van der Waals surface area contributed by atoms with Gasteiger partial charge in [0.25, 0.3) is 0 Å². The molecule has 0 amide bonds. The standard InChI is InChI=1S/C27H20ClNO5/c1-15-23(34-27(31)16-5-4-6-18(28)11-16)10-8-20-25(30)24(33-26(15)20)12-17-14-29(2)22-9-7-19(32-3)13-21(17)22/h4-14H,1-3H3/b24-12-. The van der Waals surface area contributed by atoms with Gasteiger partial charge < -0.3 is 18.8 Å².